The number of aliphatic hydroxyl groups is 2. The van der Waals surface area contributed by atoms with E-state index in [-0.39, 0.29) is 11.2 Å². The van der Waals surface area contributed by atoms with Crippen molar-refractivity contribution in [2.45, 2.75) is 103 Å². The van der Waals surface area contributed by atoms with Crippen LogP contribution in [0.25, 0.3) is 0 Å². The fourth-order valence-electron chi connectivity index (χ4n) is 6.12. The summed E-state index contributed by atoms with van der Waals surface area (Å²) in [7, 11) is -3.07. The number of hydrogen-bond donors (Lipinski definition) is 2. The molecule has 0 aromatic carbocycles. The van der Waals surface area contributed by atoms with E-state index < -0.39 is 26.8 Å². The second kappa shape index (κ2) is 9.83. The molecule has 0 spiro atoms. The summed E-state index contributed by atoms with van der Waals surface area (Å²) in [6.45, 7) is 14.0. The van der Waals surface area contributed by atoms with E-state index in [0.717, 1.165) is 36.8 Å². The number of hydrogen-bond acceptors (Lipinski definition) is 4. The first-order valence-electron chi connectivity index (χ1n) is 12.6. The lowest BCUT2D eigenvalue weighted by atomic mass is 9.62. The maximum absolute atomic E-state index is 12.5. The van der Waals surface area contributed by atoms with Gasteiger partial charge in [-0.15, -0.1) is 0 Å². The largest absolute Gasteiger partial charge is 0.393 e. The summed E-state index contributed by atoms with van der Waals surface area (Å²) in [6.07, 6.45) is 12.6. The van der Waals surface area contributed by atoms with Gasteiger partial charge in [0.2, 0.25) is 0 Å². The van der Waals surface area contributed by atoms with Gasteiger partial charge < -0.3 is 10.2 Å². The molecule has 0 bridgehead atoms. The minimum atomic E-state index is -3.07. The van der Waals surface area contributed by atoms with E-state index in [2.05, 4.69) is 38.7 Å². The zero-order chi connectivity index (χ0) is 24.6. The number of fused-ring (bicyclic) bond motifs is 1. The second-order valence-corrected chi connectivity index (χ2v) is 14.6. The summed E-state index contributed by atoms with van der Waals surface area (Å²) < 4.78 is 24.3. The Morgan fingerprint density at radius 2 is 1.97 bits per heavy atom. The van der Waals surface area contributed by atoms with Gasteiger partial charge in [0.1, 0.15) is 0 Å². The van der Waals surface area contributed by atoms with Crippen LogP contribution >= 0.6 is 0 Å². The Morgan fingerprint density at radius 1 is 1.27 bits per heavy atom. The van der Waals surface area contributed by atoms with Crippen LogP contribution < -0.4 is 0 Å². The van der Waals surface area contributed by atoms with Crippen molar-refractivity contribution >= 4 is 9.84 Å². The number of allylic oxidation sites excluding steroid dienone is 5. The zero-order valence-electron chi connectivity index (χ0n) is 21.2. The lowest BCUT2D eigenvalue weighted by Gasteiger charge is -2.42. The van der Waals surface area contributed by atoms with Crippen LogP contribution in [-0.2, 0) is 9.84 Å². The Balaban J connectivity index is 1.69. The first-order chi connectivity index (χ1) is 15.3. The van der Waals surface area contributed by atoms with Gasteiger partial charge in [-0.1, -0.05) is 49.8 Å². The van der Waals surface area contributed by atoms with Crippen molar-refractivity contribution in [3.8, 4) is 0 Å². The molecule has 2 saturated carbocycles. The molecule has 2 N–H and O–H groups in total. The molecule has 3 rings (SSSR count). The minimum absolute atomic E-state index is 0.132. The summed E-state index contributed by atoms with van der Waals surface area (Å²) in [5, 5.41) is 20.2. The highest BCUT2D eigenvalue weighted by molar-refractivity contribution is 7.92. The van der Waals surface area contributed by atoms with Gasteiger partial charge in [0.15, 0.2) is 9.84 Å². The van der Waals surface area contributed by atoms with E-state index in [1.165, 1.54) is 17.6 Å². The van der Waals surface area contributed by atoms with E-state index >= 15 is 0 Å². The van der Waals surface area contributed by atoms with E-state index in [0.29, 0.717) is 31.1 Å². The molecule has 0 aromatic rings. The van der Waals surface area contributed by atoms with Gasteiger partial charge in [-0.05, 0) is 94.1 Å². The molecule has 0 aromatic heterocycles. The fraction of sp³-hybridized carbons (Fsp3) is 0.714. The van der Waals surface area contributed by atoms with E-state index in [1.54, 1.807) is 20.8 Å². The molecular formula is C28H44O4S. The highest BCUT2D eigenvalue weighted by atomic mass is 32.2. The molecular weight excluding hydrogens is 432 g/mol. The van der Waals surface area contributed by atoms with Gasteiger partial charge in [-0.3, -0.25) is 0 Å². The lowest BCUT2D eigenvalue weighted by molar-refractivity contribution is 0.0862. The highest BCUT2D eigenvalue weighted by Gasteiger charge is 2.46. The molecule has 5 atom stereocenters. The van der Waals surface area contributed by atoms with Crippen molar-refractivity contribution in [1.29, 1.82) is 0 Å². The topological polar surface area (TPSA) is 74.6 Å². The van der Waals surface area contributed by atoms with Gasteiger partial charge >= 0.3 is 0 Å². The molecule has 186 valence electrons. The van der Waals surface area contributed by atoms with Gasteiger partial charge in [-0.25, -0.2) is 8.42 Å². The van der Waals surface area contributed by atoms with Crippen LogP contribution in [-0.4, -0.2) is 41.3 Å². The molecule has 0 aliphatic heterocycles. The normalized spacial score (nSPS) is 34.5. The molecule has 5 heteroatoms. The molecule has 0 amide bonds. The van der Waals surface area contributed by atoms with Crippen LogP contribution in [0, 0.1) is 17.3 Å². The lowest BCUT2D eigenvalue weighted by Crippen LogP contribution is -2.33. The first kappa shape index (κ1) is 26.4. The maximum Gasteiger partial charge on any atom is 0.155 e. The Kier molecular flexibility index (Phi) is 7.87. The molecule has 0 heterocycles. The van der Waals surface area contributed by atoms with Crippen molar-refractivity contribution in [3.05, 3.63) is 47.1 Å². The summed E-state index contributed by atoms with van der Waals surface area (Å²) in [5.41, 5.74) is 4.78. The predicted octanol–water partition coefficient (Wildman–Crippen LogP) is 5.68. The van der Waals surface area contributed by atoms with Crippen molar-refractivity contribution in [3.63, 3.8) is 0 Å². The van der Waals surface area contributed by atoms with Gasteiger partial charge in [0.25, 0.3) is 0 Å². The summed E-state index contributed by atoms with van der Waals surface area (Å²) >= 11 is 0. The van der Waals surface area contributed by atoms with Crippen LogP contribution in [0.5, 0.6) is 0 Å². The molecule has 4 nitrogen and oxygen atoms in total. The van der Waals surface area contributed by atoms with Crippen molar-refractivity contribution in [2.24, 2.45) is 17.3 Å². The van der Waals surface area contributed by atoms with E-state index in [4.69, 9.17) is 0 Å². The second-order valence-electron chi connectivity index (χ2n) is 11.8. The van der Waals surface area contributed by atoms with E-state index in [9.17, 15) is 18.6 Å². The third kappa shape index (κ3) is 5.57. The third-order valence-electron chi connectivity index (χ3n) is 8.39. The van der Waals surface area contributed by atoms with Crippen molar-refractivity contribution in [2.75, 3.05) is 5.75 Å². The van der Waals surface area contributed by atoms with Crippen LogP contribution in [0.15, 0.2) is 47.1 Å². The smallest absolute Gasteiger partial charge is 0.155 e. The van der Waals surface area contributed by atoms with E-state index in [1.807, 2.05) is 0 Å². The summed E-state index contributed by atoms with van der Waals surface area (Å²) in [5.74, 6) is 1.12. The molecule has 0 unspecified atom stereocenters. The average Bonchev–Trinajstić information content (AvgIpc) is 3.06. The SMILES string of the molecule is C=C1C(=CC=C2CCC[C@]3(C)C([C@H](C)CCCS(=O)(=O)C(C)(C)C)=CC[C@@H]23)C[C@@H](O)C[C@@H]1O. The molecule has 33 heavy (non-hydrogen) atoms. The summed E-state index contributed by atoms with van der Waals surface area (Å²) in [4.78, 5) is 0. The Hall–Kier alpha value is -1.17. The number of aliphatic hydroxyl groups excluding tert-OH is 2. The van der Waals surface area contributed by atoms with Crippen molar-refractivity contribution < 1.29 is 18.6 Å². The fourth-order valence-corrected chi connectivity index (χ4v) is 7.28. The monoisotopic (exact) mass is 476 g/mol. The molecule has 0 radical (unpaired) electrons. The van der Waals surface area contributed by atoms with Gasteiger partial charge in [-0.2, -0.15) is 0 Å². The summed E-state index contributed by atoms with van der Waals surface area (Å²) in [6, 6.07) is 0. The molecule has 2 fully saturated rings. The molecule has 3 aliphatic rings. The zero-order valence-corrected chi connectivity index (χ0v) is 22.0. The third-order valence-corrected chi connectivity index (χ3v) is 11.1. The number of sulfone groups is 1. The highest BCUT2D eigenvalue weighted by Crippen LogP contribution is 2.57. The van der Waals surface area contributed by atoms with Crippen molar-refractivity contribution in [1.82, 2.24) is 0 Å². The molecule has 0 saturated heterocycles. The van der Waals surface area contributed by atoms with Gasteiger partial charge in [0, 0.05) is 6.42 Å². The van der Waals surface area contributed by atoms with Crippen LogP contribution in [0.4, 0.5) is 0 Å². The Morgan fingerprint density at radius 3 is 2.64 bits per heavy atom. The average molecular weight is 477 g/mol. The molecule has 3 aliphatic carbocycles. The Bertz CT molecular complexity index is 947. The minimum Gasteiger partial charge on any atom is -0.393 e. The van der Waals surface area contributed by atoms with Crippen LogP contribution in [0.1, 0.15) is 86.0 Å². The standard InChI is InChI=1S/C28H44O4S/c1-19(9-8-16-33(31,32)27(3,4)5)24-13-14-25-21(10-7-15-28(24,25)6)11-12-22-17-23(29)18-26(30)20(22)2/h11-13,19,23,25-26,29-30H,2,7-10,14-18H2,1,3-6H3/t19-,23-,25+,26+,28-/m1/s1. The maximum atomic E-state index is 12.5. The predicted molar refractivity (Wildman–Crippen MR) is 137 cm³/mol. The quantitative estimate of drug-likeness (QED) is 0.484. The Labute approximate surface area is 201 Å². The first-order valence-corrected chi connectivity index (χ1v) is 14.3. The van der Waals surface area contributed by atoms with Gasteiger partial charge in [0.05, 0.1) is 22.7 Å². The van der Waals surface area contributed by atoms with Crippen LogP contribution in [0.2, 0.25) is 0 Å². The van der Waals surface area contributed by atoms with Crippen LogP contribution in [0.3, 0.4) is 0 Å². The number of rotatable bonds is 6.